The van der Waals surface area contributed by atoms with E-state index in [1.54, 1.807) is 10.6 Å². The highest BCUT2D eigenvalue weighted by molar-refractivity contribution is 5.77. The van der Waals surface area contributed by atoms with Crippen LogP contribution < -0.4 is 5.56 Å². The van der Waals surface area contributed by atoms with Gasteiger partial charge in [0.2, 0.25) is 0 Å². The Bertz CT molecular complexity index is 676. The number of aryl methyl sites for hydroxylation is 1. The topological polar surface area (TPSA) is 61.2 Å². The maximum absolute atomic E-state index is 12.4. The van der Waals surface area contributed by atoms with Gasteiger partial charge < -0.3 is 4.74 Å². The SMILES string of the molecule is CC(=O)OCCCCn1c(C)nc2ccccc2c1=O. The van der Waals surface area contributed by atoms with Gasteiger partial charge in [-0.2, -0.15) is 0 Å². The molecule has 0 aliphatic carbocycles. The first kappa shape index (κ1) is 14.2. The third-order valence-electron chi connectivity index (χ3n) is 3.13. The first-order valence-electron chi connectivity index (χ1n) is 6.69. The summed E-state index contributed by atoms with van der Waals surface area (Å²) in [6, 6.07) is 7.34. The van der Waals surface area contributed by atoms with Crippen LogP contribution in [0.3, 0.4) is 0 Å². The van der Waals surface area contributed by atoms with E-state index in [-0.39, 0.29) is 11.5 Å². The summed E-state index contributed by atoms with van der Waals surface area (Å²) < 4.78 is 6.55. The quantitative estimate of drug-likeness (QED) is 0.618. The van der Waals surface area contributed by atoms with Crippen molar-refractivity contribution in [3.05, 3.63) is 40.4 Å². The molecular formula is C15H18N2O3. The van der Waals surface area contributed by atoms with Crippen molar-refractivity contribution in [2.24, 2.45) is 0 Å². The molecule has 0 bridgehead atoms. The Morgan fingerprint density at radius 2 is 2.05 bits per heavy atom. The highest BCUT2D eigenvalue weighted by Crippen LogP contribution is 2.08. The van der Waals surface area contributed by atoms with E-state index in [1.807, 2.05) is 25.1 Å². The zero-order valence-electron chi connectivity index (χ0n) is 11.8. The van der Waals surface area contributed by atoms with Crippen LogP contribution in [0, 0.1) is 6.92 Å². The van der Waals surface area contributed by atoms with Gasteiger partial charge in [-0.15, -0.1) is 0 Å². The second-order valence-corrected chi connectivity index (χ2v) is 4.68. The summed E-state index contributed by atoms with van der Waals surface area (Å²) in [6.45, 7) is 4.20. The number of carbonyl (C=O) groups is 1. The molecule has 0 unspecified atom stereocenters. The van der Waals surface area contributed by atoms with Crippen molar-refractivity contribution in [3.8, 4) is 0 Å². The second kappa shape index (κ2) is 6.32. The maximum atomic E-state index is 12.4. The average Bonchev–Trinajstić information content (AvgIpc) is 2.41. The van der Waals surface area contributed by atoms with Gasteiger partial charge in [0, 0.05) is 13.5 Å². The summed E-state index contributed by atoms with van der Waals surface area (Å²) >= 11 is 0. The smallest absolute Gasteiger partial charge is 0.302 e. The van der Waals surface area contributed by atoms with Gasteiger partial charge >= 0.3 is 5.97 Å². The Kier molecular flexibility index (Phi) is 4.50. The number of hydrogen-bond donors (Lipinski definition) is 0. The van der Waals surface area contributed by atoms with Gasteiger partial charge in [0.1, 0.15) is 5.82 Å². The molecule has 20 heavy (non-hydrogen) atoms. The van der Waals surface area contributed by atoms with Crippen LogP contribution in [0.5, 0.6) is 0 Å². The largest absolute Gasteiger partial charge is 0.466 e. The number of esters is 1. The minimum atomic E-state index is -0.272. The number of carbonyl (C=O) groups excluding carboxylic acids is 1. The van der Waals surface area contributed by atoms with Gasteiger partial charge in [-0.25, -0.2) is 4.98 Å². The van der Waals surface area contributed by atoms with Crippen LogP contribution in [0.15, 0.2) is 29.1 Å². The normalized spacial score (nSPS) is 10.7. The first-order chi connectivity index (χ1) is 9.59. The lowest BCUT2D eigenvalue weighted by molar-refractivity contribution is -0.141. The molecule has 0 aliphatic rings. The molecule has 0 saturated carbocycles. The average molecular weight is 274 g/mol. The van der Waals surface area contributed by atoms with Gasteiger partial charge in [-0.3, -0.25) is 14.2 Å². The third-order valence-corrected chi connectivity index (χ3v) is 3.13. The van der Waals surface area contributed by atoms with Crippen LogP contribution >= 0.6 is 0 Å². The standard InChI is InChI=1S/C15H18N2O3/c1-11-16-14-8-4-3-7-13(14)15(19)17(11)9-5-6-10-20-12(2)18/h3-4,7-8H,5-6,9-10H2,1-2H3. The summed E-state index contributed by atoms with van der Waals surface area (Å²) in [7, 11) is 0. The summed E-state index contributed by atoms with van der Waals surface area (Å²) in [5.41, 5.74) is 0.715. The molecule has 5 nitrogen and oxygen atoms in total. The molecule has 0 aliphatic heterocycles. The van der Waals surface area contributed by atoms with Crippen LogP contribution in [0.1, 0.15) is 25.6 Å². The molecule has 0 spiro atoms. The summed E-state index contributed by atoms with van der Waals surface area (Å²) in [6.07, 6.45) is 1.51. The van der Waals surface area contributed by atoms with Crippen LogP contribution in [0.4, 0.5) is 0 Å². The second-order valence-electron chi connectivity index (χ2n) is 4.68. The number of unbranched alkanes of at least 4 members (excludes halogenated alkanes) is 1. The van der Waals surface area contributed by atoms with Crippen molar-refractivity contribution in [2.75, 3.05) is 6.61 Å². The fourth-order valence-electron chi connectivity index (χ4n) is 2.13. The van der Waals surface area contributed by atoms with Gasteiger partial charge in [0.05, 0.1) is 17.5 Å². The number of para-hydroxylation sites is 1. The van der Waals surface area contributed by atoms with Crippen molar-refractivity contribution in [2.45, 2.75) is 33.2 Å². The highest BCUT2D eigenvalue weighted by atomic mass is 16.5. The Labute approximate surface area is 117 Å². The zero-order chi connectivity index (χ0) is 14.5. The Morgan fingerprint density at radius 3 is 2.80 bits per heavy atom. The number of ether oxygens (including phenoxy) is 1. The Morgan fingerprint density at radius 1 is 1.30 bits per heavy atom. The maximum Gasteiger partial charge on any atom is 0.302 e. The van der Waals surface area contributed by atoms with Crippen molar-refractivity contribution < 1.29 is 9.53 Å². The van der Waals surface area contributed by atoms with E-state index < -0.39 is 0 Å². The molecule has 2 rings (SSSR count). The Balaban J connectivity index is 2.10. The number of aromatic nitrogens is 2. The minimum absolute atomic E-state index is 0.0133. The van der Waals surface area contributed by atoms with E-state index in [1.165, 1.54) is 6.92 Å². The van der Waals surface area contributed by atoms with Crippen molar-refractivity contribution in [3.63, 3.8) is 0 Å². The number of hydrogen-bond acceptors (Lipinski definition) is 4. The fraction of sp³-hybridized carbons (Fsp3) is 0.400. The van der Waals surface area contributed by atoms with E-state index >= 15 is 0 Å². The minimum Gasteiger partial charge on any atom is -0.466 e. The van der Waals surface area contributed by atoms with Crippen molar-refractivity contribution in [1.29, 1.82) is 0 Å². The highest BCUT2D eigenvalue weighted by Gasteiger charge is 2.07. The number of nitrogens with zero attached hydrogens (tertiary/aromatic N) is 2. The molecule has 0 amide bonds. The number of benzene rings is 1. The molecule has 5 heteroatoms. The van der Waals surface area contributed by atoms with E-state index in [0.29, 0.717) is 24.4 Å². The van der Waals surface area contributed by atoms with E-state index in [9.17, 15) is 9.59 Å². The molecule has 2 aromatic rings. The molecule has 0 N–H and O–H groups in total. The molecule has 0 atom stereocenters. The lowest BCUT2D eigenvalue weighted by Gasteiger charge is -2.10. The summed E-state index contributed by atoms with van der Waals surface area (Å²) in [4.78, 5) is 27.4. The fourth-order valence-corrected chi connectivity index (χ4v) is 2.13. The summed E-state index contributed by atoms with van der Waals surface area (Å²) in [5, 5.41) is 0.637. The van der Waals surface area contributed by atoms with Crippen molar-refractivity contribution >= 4 is 16.9 Å². The molecule has 0 radical (unpaired) electrons. The molecule has 0 fully saturated rings. The predicted octanol–water partition coefficient (Wildman–Crippen LogP) is 2.05. The third kappa shape index (κ3) is 3.23. The lowest BCUT2D eigenvalue weighted by atomic mass is 10.2. The van der Waals surface area contributed by atoms with E-state index in [2.05, 4.69) is 4.98 Å². The first-order valence-corrected chi connectivity index (χ1v) is 6.69. The monoisotopic (exact) mass is 274 g/mol. The molecule has 0 saturated heterocycles. The molecule has 1 aromatic heterocycles. The number of rotatable bonds is 5. The summed E-state index contributed by atoms with van der Waals surface area (Å²) in [5.74, 6) is 0.437. The van der Waals surface area contributed by atoms with Crippen molar-refractivity contribution in [1.82, 2.24) is 9.55 Å². The van der Waals surface area contributed by atoms with Crippen LogP contribution in [-0.4, -0.2) is 22.1 Å². The molecule has 1 heterocycles. The van der Waals surface area contributed by atoms with Gasteiger partial charge in [0.25, 0.3) is 5.56 Å². The Hall–Kier alpha value is -2.17. The van der Waals surface area contributed by atoms with E-state index in [4.69, 9.17) is 4.74 Å². The van der Waals surface area contributed by atoms with E-state index in [0.717, 1.165) is 18.4 Å². The van der Waals surface area contributed by atoms with Gasteiger partial charge in [-0.1, -0.05) is 12.1 Å². The van der Waals surface area contributed by atoms with Crippen LogP contribution in [0.2, 0.25) is 0 Å². The molecule has 1 aromatic carbocycles. The number of fused-ring (bicyclic) bond motifs is 1. The van der Waals surface area contributed by atoms with Gasteiger partial charge in [0.15, 0.2) is 0 Å². The van der Waals surface area contributed by atoms with Crippen LogP contribution in [-0.2, 0) is 16.1 Å². The van der Waals surface area contributed by atoms with Crippen LogP contribution in [0.25, 0.3) is 10.9 Å². The lowest BCUT2D eigenvalue weighted by Crippen LogP contribution is -2.24. The van der Waals surface area contributed by atoms with Gasteiger partial charge in [-0.05, 0) is 31.9 Å². The molecular weight excluding hydrogens is 256 g/mol. The predicted molar refractivity (Wildman–Crippen MR) is 76.6 cm³/mol. The molecule has 106 valence electrons. The zero-order valence-corrected chi connectivity index (χ0v) is 11.8.